The lowest BCUT2D eigenvalue weighted by molar-refractivity contribution is -0.121. The molecular weight excluding hydrogens is 324 g/mol. The molecule has 2 aromatic carbocycles. The van der Waals surface area contributed by atoms with Gasteiger partial charge in [-0.1, -0.05) is 42.5 Å². The number of aryl methyl sites for hydroxylation is 1. The zero-order valence-electron chi connectivity index (χ0n) is 13.4. The fourth-order valence-electron chi connectivity index (χ4n) is 2.38. The van der Waals surface area contributed by atoms with Gasteiger partial charge in [0.05, 0.1) is 4.90 Å². The van der Waals surface area contributed by atoms with Crippen molar-refractivity contribution in [2.45, 2.75) is 30.6 Å². The average Bonchev–Trinajstić information content (AvgIpc) is 2.55. The highest BCUT2D eigenvalue weighted by Gasteiger charge is 2.07. The molecule has 2 rings (SSSR count). The number of nitrogens with one attached hydrogen (secondary N) is 1. The Labute approximate surface area is 142 Å². The number of carbonyl (C=O) groups excluding carboxylic acids is 1. The Bertz CT molecular complexity index is 757. The van der Waals surface area contributed by atoms with E-state index in [4.69, 9.17) is 5.14 Å². The van der Waals surface area contributed by atoms with E-state index in [1.807, 2.05) is 18.2 Å². The summed E-state index contributed by atoms with van der Waals surface area (Å²) in [5.74, 6) is 0.0343. The smallest absolute Gasteiger partial charge is 0.238 e. The summed E-state index contributed by atoms with van der Waals surface area (Å²) in [6.07, 6.45) is 2.86. The van der Waals surface area contributed by atoms with Crippen molar-refractivity contribution in [2.75, 3.05) is 6.54 Å². The molecule has 0 aliphatic rings. The maximum absolute atomic E-state index is 11.8. The van der Waals surface area contributed by atoms with Crippen molar-refractivity contribution in [2.24, 2.45) is 5.14 Å². The Morgan fingerprint density at radius 1 is 0.917 bits per heavy atom. The molecule has 0 radical (unpaired) electrons. The number of carbonyl (C=O) groups is 1. The summed E-state index contributed by atoms with van der Waals surface area (Å²) in [6, 6.07) is 16.5. The van der Waals surface area contributed by atoms with E-state index in [1.54, 1.807) is 12.1 Å². The molecule has 0 heterocycles. The van der Waals surface area contributed by atoms with E-state index in [0.717, 1.165) is 18.4 Å². The van der Waals surface area contributed by atoms with E-state index < -0.39 is 10.0 Å². The van der Waals surface area contributed by atoms with Crippen LogP contribution in [0, 0.1) is 0 Å². The minimum absolute atomic E-state index is 0.0343. The Hall–Kier alpha value is -2.18. The highest BCUT2D eigenvalue weighted by atomic mass is 32.2. The number of hydrogen-bond donors (Lipinski definition) is 2. The quantitative estimate of drug-likeness (QED) is 0.766. The minimum atomic E-state index is -3.66. The molecule has 128 valence electrons. The molecule has 0 aliphatic carbocycles. The largest absolute Gasteiger partial charge is 0.356 e. The Morgan fingerprint density at radius 3 is 2.17 bits per heavy atom. The zero-order chi connectivity index (χ0) is 17.4. The van der Waals surface area contributed by atoms with Crippen molar-refractivity contribution in [1.82, 2.24) is 5.32 Å². The predicted molar refractivity (Wildman–Crippen MR) is 93.9 cm³/mol. The van der Waals surface area contributed by atoms with Crippen LogP contribution in [0.25, 0.3) is 0 Å². The SMILES string of the molecule is NS(=O)(=O)c1ccc(CCNC(=O)CCCc2ccccc2)cc1. The number of amides is 1. The van der Waals surface area contributed by atoms with Gasteiger partial charge < -0.3 is 5.32 Å². The zero-order valence-corrected chi connectivity index (χ0v) is 14.3. The molecule has 2 aromatic rings. The van der Waals surface area contributed by atoms with E-state index in [1.165, 1.54) is 17.7 Å². The summed E-state index contributed by atoms with van der Waals surface area (Å²) in [7, 11) is -3.66. The lowest BCUT2D eigenvalue weighted by Gasteiger charge is -2.06. The van der Waals surface area contributed by atoms with Gasteiger partial charge in [0.15, 0.2) is 0 Å². The second-order valence-electron chi connectivity index (χ2n) is 5.63. The first-order chi connectivity index (χ1) is 11.4. The summed E-state index contributed by atoms with van der Waals surface area (Å²) in [6.45, 7) is 0.527. The Balaban J connectivity index is 1.67. The number of rotatable bonds is 8. The molecule has 0 saturated carbocycles. The van der Waals surface area contributed by atoms with Crippen LogP contribution in [0.1, 0.15) is 24.0 Å². The van der Waals surface area contributed by atoms with Gasteiger partial charge in [-0.3, -0.25) is 4.79 Å². The first-order valence-electron chi connectivity index (χ1n) is 7.87. The lowest BCUT2D eigenvalue weighted by atomic mass is 10.1. The van der Waals surface area contributed by atoms with Crippen LogP contribution in [0.5, 0.6) is 0 Å². The normalized spacial score (nSPS) is 11.2. The standard InChI is InChI=1S/C18H22N2O3S/c19-24(22,23)17-11-9-16(10-12-17)13-14-20-18(21)8-4-7-15-5-2-1-3-6-15/h1-3,5-6,9-12H,4,7-8,13-14H2,(H,20,21)(H2,19,22,23). The first kappa shape index (κ1) is 18.2. The summed E-state index contributed by atoms with van der Waals surface area (Å²) in [5.41, 5.74) is 2.19. The second-order valence-corrected chi connectivity index (χ2v) is 7.19. The van der Waals surface area contributed by atoms with Gasteiger partial charge in [-0.15, -0.1) is 0 Å². The van der Waals surface area contributed by atoms with Gasteiger partial charge in [0, 0.05) is 13.0 Å². The third-order valence-corrected chi connectivity index (χ3v) is 4.63. The van der Waals surface area contributed by atoms with Gasteiger partial charge in [-0.25, -0.2) is 13.6 Å². The molecule has 0 unspecified atom stereocenters. The first-order valence-corrected chi connectivity index (χ1v) is 9.42. The van der Waals surface area contributed by atoms with Gasteiger partial charge in [-0.05, 0) is 42.5 Å². The van der Waals surface area contributed by atoms with Gasteiger partial charge in [-0.2, -0.15) is 0 Å². The topological polar surface area (TPSA) is 89.3 Å². The number of benzene rings is 2. The van der Waals surface area contributed by atoms with Crippen LogP contribution in [0.3, 0.4) is 0 Å². The molecular formula is C18H22N2O3S. The van der Waals surface area contributed by atoms with E-state index in [9.17, 15) is 13.2 Å². The Kier molecular flexibility index (Phi) is 6.52. The van der Waals surface area contributed by atoms with Gasteiger partial charge in [0.25, 0.3) is 0 Å². The summed E-state index contributed by atoms with van der Waals surface area (Å²) >= 11 is 0. The predicted octanol–water partition coefficient (Wildman–Crippen LogP) is 2.02. The van der Waals surface area contributed by atoms with E-state index >= 15 is 0 Å². The van der Waals surface area contributed by atoms with Crippen LogP contribution in [0.2, 0.25) is 0 Å². The van der Waals surface area contributed by atoms with Crippen molar-refractivity contribution in [1.29, 1.82) is 0 Å². The minimum Gasteiger partial charge on any atom is -0.356 e. The van der Waals surface area contributed by atoms with E-state index in [2.05, 4.69) is 17.4 Å². The van der Waals surface area contributed by atoms with E-state index in [-0.39, 0.29) is 10.8 Å². The molecule has 5 nitrogen and oxygen atoms in total. The highest BCUT2D eigenvalue weighted by molar-refractivity contribution is 7.89. The summed E-state index contributed by atoms with van der Waals surface area (Å²) in [4.78, 5) is 11.9. The molecule has 0 bridgehead atoms. The van der Waals surface area contributed by atoms with Crippen LogP contribution in [0.15, 0.2) is 59.5 Å². The summed E-state index contributed by atoms with van der Waals surface area (Å²) < 4.78 is 22.3. The van der Waals surface area contributed by atoms with Gasteiger partial charge in [0.2, 0.25) is 15.9 Å². The number of nitrogens with two attached hydrogens (primary N) is 1. The van der Waals surface area contributed by atoms with Crippen LogP contribution in [-0.2, 0) is 27.7 Å². The van der Waals surface area contributed by atoms with Crippen molar-refractivity contribution in [3.05, 3.63) is 65.7 Å². The van der Waals surface area contributed by atoms with Crippen LogP contribution < -0.4 is 10.5 Å². The lowest BCUT2D eigenvalue weighted by Crippen LogP contribution is -2.25. The Morgan fingerprint density at radius 2 is 1.54 bits per heavy atom. The van der Waals surface area contributed by atoms with Crippen LogP contribution in [-0.4, -0.2) is 20.9 Å². The van der Waals surface area contributed by atoms with Crippen molar-refractivity contribution >= 4 is 15.9 Å². The van der Waals surface area contributed by atoms with Gasteiger partial charge in [0.1, 0.15) is 0 Å². The molecule has 0 spiro atoms. The molecule has 0 fully saturated rings. The molecule has 6 heteroatoms. The monoisotopic (exact) mass is 346 g/mol. The molecule has 1 amide bonds. The maximum Gasteiger partial charge on any atom is 0.238 e. The average molecular weight is 346 g/mol. The second kappa shape index (κ2) is 8.61. The fourth-order valence-corrected chi connectivity index (χ4v) is 2.89. The molecule has 0 saturated heterocycles. The molecule has 3 N–H and O–H groups in total. The van der Waals surface area contributed by atoms with Crippen LogP contribution >= 0.6 is 0 Å². The van der Waals surface area contributed by atoms with Crippen molar-refractivity contribution in [3.8, 4) is 0 Å². The molecule has 0 aromatic heterocycles. The third-order valence-electron chi connectivity index (χ3n) is 3.70. The summed E-state index contributed by atoms with van der Waals surface area (Å²) in [5, 5.41) is 7.93. The molecule has 24 heavy (non-hydrogen) atoms. The maximum atomic E-state index is 11.8. The van der Waals surface area contributed by atoms with Gasteiger partial charge >= 0.3 is 0 Å². The highest BCUT2D eigenvalue weighted by Crippen LogP contribution is 2.09. The number of hydrogen-bond acceptors (Lipinski definition) is 3. The number of primary sulfonamides is 1. The van der Waals surface area contributed by atoms with E-state index in [0.29, 0.717) is 19.4 Å². The number of sulfonamides is 1. The molecule has 0 aliphatic heterocycles. The fraction of sp³-hybridized carbons (Fsp3) is 0.278. The van der Waals surface area contributed by atoms with Crippen molar-refractivity contribution < 1.29 is 13.2 Å². The molecule has 0 atom stereocenters. The van der Waals surface area contributed by atoms with Crippen molar-refractivity contribution in [3.63, 3.8) is 0 Å². The third kappa shape index (κ3) is 6.14. The van der Waals surface area contributed by atoms with Crippen LogP contribution in [0.4, 0.5) is 0 Å².